The third-order valence-electron chi connectivity index (χ3n) is 2.02. The molecule has 0 radical (unpaired) electrons. The summed E-state index contributed by atoms with van der Waals surface area (Å²) in [6.07, 6.45) is 1.62. The van der Waals surface area contributed by atoms with E-state index >= 15 is 0 Å². The number of amides is 2. The van der Waals surface area contributed by atoms with E-state index in [2.05, 4.69) is 5.32 Å². The van der Waals surface area contributed by atoms with E-state index in [1.54, 1.807) is 24.3 Å². The fourth-order valence-electron chi connectivity index (χ4n) is 1.31. The molecule has 0 bridgehead atoms. The van der Waals surface area contributed by atoms with E-state index in [0.717, 1.165) is 12.2 Å². The topological polar surface area (TPSA) is 109 Å². The predicted molar refractivity (Wildman–Crippen MR) is 64.7 cm³/mol. The zero-order chi connectivity index (χ0) is 13.5. The maximum Gasteiger partial charge on any atom is 0.328 e. The molecule has 0 unspecified atom stereocenters. The number of anilines is 1. The van der Waals surface area contributed by atoms with Crippen LogP contribution in [-0.4, -0.2) is 22.9 Å². The molecule has 2 amide bonds. The number of para-hydroxylation sites is 1. The van der Waals surface area contributed by atoms with E-state index in [0.29, 0.717) is 11.3 Å². The molecule has 6 heteroatoms. The molecule has 4 N–H and O–H groups in total. The van der Waals surface area contributed by atoms with Crippen LogP contribution in [0.2, 0.25) is 0 Å². The number of hydrogen-bond acceptors (Lipinski definition) is 3. The first kappa shape index (κ1) is 13.4. The third kappa shape index (κ3) is 4.48. The first-order chi connectivity index (χ1) is 8.49. The minimum absolute atomic E-state index is 0.000895. The Balaban J connectivity index is 2.80. The molecular formula is C12H12N2O4. The molecule has 0 heterocycles. The highest BCUT2D eigenvalue weighted by molar-refractivity contribution is 6.02. The van der Waals surface area contributed by atoms with Crippen LogP contribution in [0, 0.1) is 0 Å². The van der Waals surface area contributed by atoms with Gasteiger partial charge >= 0.3 is 5.97 Å². The van der Waals surface area contributed by atoms with Crippen molar-refractivity contribution >= 4 is 23.5 Å². The van der Waals surface area contributed by atoms with Crippen LogP contribution < -0.4 is 11.1 Å². The van der Waals surface area contributed by atoms with Gasteiger partial charge in [0.2, 0.25) is 11.8 Å². The number of carboxylic acids is 1. The maximum absolute atomic E-state index is 11.4. The van der Waals surface area contributed by atoms with E-state index in [1.807, 2.05) is 0 Å². The van der Waals surface area contributed by atoms with Crippen LogP contribution in [0.25, 0.3) is 0 Å². The smallest absolute Gasteiger partial charge is 0.328 e. The Morgan fingerprint density at radius 2 is 1.89 bits per heavy atom. The monoisotopic (exact) mass is 248 g/mol. The van der Waals surface area contributed by atoms with Crippen molar-refractivity contribution < 1.29 is 19.5 Å². The molecule has 1 rings (SSSR count). The summed E-state index contributed by atoms with van der Waals surface area (Å²) in [5.74, 6) is -2.32. The van der Waals surface area contributed by atoms with E-state index < -0.39 is 17.8 Å². The van der Waals surface area contributed by atoms with Crippen molar-refractivity contribution in [2.75, 3.05) is 5.32 Å². The van der Waals surface area contributed by atoms with E-state index in [9.17, 15) is 14.4 Å². The summed E-state index contributed by atoms with van der Waals surface area (Å²) < 4.78 is 0. The molecule has 0 aliphatic heterocycles. The minimum atomic E-state index is -1.21. The Labute approximate surface area is 103 Å². The summed E-state index contributed by atoms with van der Waals surface area (Å²) in [6.45, 7) is 0. The van der Waals surface area contributed by atoms with Crippen molar-refractivity contribution in [3.8, 4) is 0 Å². The van der Waals surface area contributed by atoms with Gasteiger partial charge in [-0.25, -0.2) is 4.79 Å². The van der Waals surface area contributed by atoms with Crippen LogP contribution in [0.15, 0.2) is 36.4 Å². The Hall–Kier alpha value is -2.63. The highest BCUT2D eigenvalue weighted by Crippen LogP contribution is 2.15. The lowest BCUT2D eigenvalue weighted by molar-refractivity contribution is -0.131. The summed E-state index contributed by atoms with van der Waals surface area (Å²) in [4.78, 5) is 32.5. The number of benzene rings is 1. The minimum Gasteiger partial charge on any atom is -0.478 e. The van der Waals surface area contributed by atoms with Gasteiger partial charge in [0.15, 0.2) is 0 Å². The fourth-order valence-corrected chi connectivity index (χ4v) is 1.31. The quantitative estimate of drug-likeness (QED) is 0.650. The predicted octanol–water partition coefficient (Wildman–Crippen LogP) is 0.294. The summed E-state index contributed by atoms with van der Waals surface area (Å²) in [5.41, 5.74) is 6.08. The average Bonchev–Trinajstić information content (AvgIpc) is 2.28. The molecule has 0 fully saturated rings. The summed E-state index contributed by atoms with van der Waals surface area (Å²) in [6, 6.07) is 6.65. The largest absolute Gasteiger partial charge is 0.478 e. The molecule has 0 aliphatic rings. The second kappa shape index (κ2) is 6.19. The Morgan fingerprint density at radius 3 is 2.50 bits per heavy atom. The van der Waals surface area contributed by atoms with Gasteiger partial charge in [0.05, 0.1) is 6.42 Å². The van der Waals surface area contributed by atoms with Gasteiger partial charge in [0.1, 0.15) is 0 Å². The van der Waals surface area contributed by atoms with Gasteiger partial charge < -0.3 is 16.2 Å². The van der Waals surface area contributed by atoms with Crippen LogP contribution in [0.5, 0.6) is 0 Å². The summed E-state index contributed by atoms with van der Waals surface area (Å²) in [5, 5.41) is 10.8. The third-order valence-corrected chi connectivity index (χ3v) is 2.02. The van der Waals surface area contributed by atoms with Crippen LogP contribution in [0.4, 0.5) is 5.69 Å². The van der Waals surface area contributed by atoms with Crippen LogP contribution >= 0.6 is 0 Å². The number of hydrogen-bond donors (Lipinski definition) is 3. The van der Waals surface area contributed by atoms with Gasteiger partial charge in [-0.3, -0.25) is 9.59 Å². The van der Waals surface area contributed by atoms with Crippen LogP contribution in [-0.2, 0) is 20.8 Å². The number of carboxylic acid groups (broad SMARTS) is 1. The lowest BCUT2D eigenvalue weighted by Crippen LogP contribution is -2.16. The SMILES string of the molecule is NC(=O)Cc1ccccc1NC(=O)/C=C/C(=O)O. The molecule has 1 aromatic carbocycles. The van der Waals surface area contributed by atoms with Crippen LogP contribution in [0.1, 0.15) is 5.56 Å². The van der Waals surface area contributed by atoms with Gasteiger partial charge in [-0.15, -0.1) is 0 Å². The molecule has 0 saturated carbocycles. The molecular weight excluding hydrogens is 236 g/mol. The molecule has 18 heavy (non-hydrogen) atoms. The van der Waals surface area contributed by atoms with Gasteiger partial charge in [-0.05, 0) is 11.6 Å². The molecule has 0 spiro atoms. The van der Waals surface area contributed by atoms with Crippen molar-refractivity contribution in [3.05, 3.63) is 42.0 Å². The Bertz CT molecular complexity index is 509. The second-order valence-electron chi connectivity index (χ2n) is 3.46. The molecule has 94 valence electrons. The average molecular weight is 248 g/mol. The highest BCUT2D eigenvalue weighted by atomic mass is 16.4. The number of nitrogens with one attached hydrogen (secondary N) is 1. The van der Waals surface area contributed by atoms with E-state index in [1.165, 1.54) is 0 Å². The van der Waals surface area contributed by atoms with Gasteiger partial charge in [-0.1, -0.05) is 18.2 Å². The number of rotatable bonds is 5. The van der Waals surface area contributed by atoms with Crippen molar-refractivity contribution in [1.29, 1.82) is 0 Å². The van der Waals surface area contributed by atoms with E-state index in [-0.39, 0.29) is 6.42 Å². The van der Waals surface area contributed by atoms with Crippen molar-refractivity contribution in [1.82, 2.24) is 0 Å². The van der Waals surface area contributed by atoms with E-state index in [4.69, 9.17) is 10.8 Å². The van der Waals surface area contributed by atoms with Crippen LogP contribution in [0.3, 0.4) is 0 Å². The fraction of sp³-hybridized carbons (Fsp3) is 0.0833. The lowest BCUT2D eigenvalue weighted by Gasteiger charge is -2.07. The van der Waals surface area contributed by atoms with Crippen molar-refractivity contribution in [2.45, 2.75) is 6.42 Å². The molecule has 0 aromatic heterocycles. The van der Waals surface area contributed by atoms with Gasteiger partial charge in [0.25, 0.3) is 0 Å². The first-order valence-electron chi connectivity index (χ1n) is 5.07. The maximum atomic E-state index is 11.4. The zero-order valence-corrected chi connectivity index (χ0v) is 9.42. The zero-order valence-electron chi connectivity index (χ0n) is 9.42. The number of primary amides is 1. The molecule has 0 atom stereocenters. The highest BCUT2D eigenvalue weighted by Gasteiger charge is 2.06. The van der Waals surface area contributed by atoms with Gasteiger partial charge in [0, 0.05) is 17.8 Å². The lowest BCUT2D eigenvalue weighted by atomic mass is 10.1. The van der Waals surface area contributed by atoms with Gasteiger partial charge in [-0.2, -0.15) is 0 Å². The summed E-state index contributed by atoms with van der Waals surface area (Å²) in [7, 11) is 0. The Kier molecular flexibility index (Phi) is 4.62. The van der Waals surface area contributed by atoms with Crippen molar-refractivity contribution in [2.24, 2.45) is 5.73 Å². The second-order valence-corrected chi connectivity index (χ2v) is 3.46. The Morgan fingerprint density at radius 1 is 1.22 bits per heavy atom. The number of nitrogens with two attached hydrogens (primary N) is 1. The summed E-state index contributed by atoms with van der Waals surface area (Å²) >= 11 is 0. The molecule has 0 aliphatic carbocycles. The standard InChI is InChI=1S/C12H12N2O4/c13-10(15)7-8-3-1-2-4-9(8)14-11(16)5-6-12(17)18/h1-6H,7H2,(H2,13,15)(H,14,16)(H,17,18)/b6-5+. The number of carbonyl (C=O) groups is 3. The normalized spacial score (nSPS) is 10.2. The van der Waals surface area contributed by atoms with Crippen molar-refractivity contribution in [3.63, 3.8) is 0 Å². The number of carbonyl (C=O) groups excluding carboxylic acids is 2. The molecule has 1 aromatic rings. The number of aliphatic carboxylic acids is 1. The first-order valence-corrected chi connectivity index (χ1v) is 5.07. The molecule has 6 nitrogen and oxygen atoms in total. The molecule has 0 saturated heterocycles.